The molecule has 0 spiro atoms. The Kier molecular flexibility index (Phi) is 7.54. The molecule has 2 amide bonds. The Morgan fingerprint density at radius 2 is 1.96 bits per heavy atom. The van der Waals surface area contributed by atoms with Crippen molar-refractivity contribution < 1.29 is 19.5 Å². The van der Waals surface area contributed by atoms with E-state index < -0.39 is 5.97 Å². The summed E-state index contributed by atoms with van der Waals surface area (Å²) in [5.74, 6) is -1.22. The van der Waals surface area contributed by atoms with E-state index in [4.69, 9.17) is 5.11 Å². The second kappa shape index (κ2) is 9.87. The van der Waals surface area contributed by atoms with Gasteiger partial charge < -0.3 is 15.3 Å². The quantitative estimate of drug-likeness (QED) is 0.607. The van der Waals surface area contributed by atoms with Gasteiger partial charge >= 0.3 is 5.97 Å². The van der Waals surface area contributed by atoms with Crippen LogP contribution in [0.1, 0.15) is 54.4 Å². The fourth-order valence-electron chi connectivity index (χ4n) is 3.14. The highest BCUT2D eigenvalue weighted by Gasteiger charge is 2.18. The number of rotatable bonds is 10. The van der Waals surface area contributed by atoms with Crippen LogP contribution in [-0.4, -0.2) is 56.8 Å². The fourth-order valence-corrected chi connectivity index (χ4v) is 3.14. The SMILES string of the molecule is CCCN(CCC(=O)O)C(=O)CCCNC(=O)c1c(C)nc2c(C)cccn12. The van der Waals surface area contributed by atoms with Crippen molar-refractivity contribution in [2.45, 2.75) is 46.5 Å². The first-order valence-corrected chi connectivity index (χ1v) is 9.57. The largest absolute Gasteiger partial charge is 0.481 e. The molecule has 0 saturated carbocycles. The lowest BCUT2D eigenvalue weighted by Crippen LogP contribution is -2.34. The molecular weight excluding hydrogens is 360 g/mol. The number of nitrogens with one attached hydrogen (secondary N) is 1. The normalized spacial score (nSPS) is 10.8. The van der Waals surface area contributed by atoms with Crippen LogP contribution in [-0.2, 0) is 9.59 Å². The van der Waals surface area contributed by atoms with Crippen molar-refractivity contribution >= 4 is 23.4 Å². The molecule has 0 saturated heterocycles. The van der Waals surface area contributed by atoms with Gasteiger partial charge in [-0.05, 0) is 38.3 Å². The summed E-state index contributed by atoms with van der Waals surface area (Å²) in [5, 5.41) is 11.6. The molecule has 8 nitrogen and oxygen atoms in total. The molecule has 0 aromatic carbocycles. The first kappa shape index (κ1) is 21.4. The Hall–Kier alpha value is -2.90. The Labute approximate surface area is 164 Å². The summed E-state index contributed by atoms with van der Waals surface area (Å²) in [4.78, 5) is 41.6. The van der Waals surface area contributed by atoms with E-state index in [9.17, 15) is 14.4 Å². The van der Waals surface area contributed by atoms with Crippen LogP contribution in [0.15, 0.2) is 18.3 Å². The highest BCUT2D eigenvalue weighted by atomic mass is 16.4. The summed E-state index contributed by atoms with van der Waals surface area (Å²) in [6, 6.07) is 3.82. The van der Waals surface area contributed by atoms with Gasteiger partial charge in [-0.2, -0.15) is 0 Å². The van der Waals surface area contributed by atoms with Crippen LogP contribution in [0.4, 0.5) is 0 Å². The van der Waals surface area contributed by atoms with Gasteiger partial charge in [0.1, 0.15) is 11.3 Å². The summed E-state index contributed by atoms with van der Waals surface area (Å²) in [6.07, 6.45) is 3.29. The third-order valence-corrected chi connectivity index (χ3v) is 4.53. The van der Waals surface area contributed by atoms with Crippen molar-refractivity contribution in [1.29, 1.82) is 0 Å². The van der Waals surface area contributed by atoms with Gasteiger partial charge in [0, 0.05) is 32.3 Å². The van der Waals surface area contributed by atoms with Gasteiger partial charge in [-0.15, -0.1) is 0 Å². The van der Waals surface area contributed by atoms with E-state index in [0.29, 0.717) is 30.9 Å². The van der Waals surface area contributed by atoms with Crippen LogP contribution >= 0.6 is 0 Å². The Balaban J connectivity index is 1.88. The third-order valence-electron chi connectivity index (χ3n) is 4.53. The molecule has 0 bridgehead atoms. The zero-order valence-corrected chi connectivity index (χ0v) is 16.7. The maximum atomic E-state index is 12.6. The van der Waals surface area contributed by atoms with Crippen molar-refractivity contribution in [3.05, 3.63) is 35.3 Å². The van der Waals surface area contributed by atoms with Crippen LogP contribution in [0, 0.1) is 13.8 Å². The van der Waals surface area contributed by atoms with Gasteiger partial charge in [0.25, 0.3) is 5.91 Å². The van der Waals surface area contributed by atoms with Crippen LogP contribution in [0.5, 0.6) is 0 Å². The van der Waals surface area contributed by atoms with E-state index in [1.54, 1.807) is 16.2 Å². The van der Waals surface area contributed by atoms with Crippen LogP contribution in [0.3, 0.4) is 0 Å². The number of aliphatic carboxylic acids is 1. The lowest BCUT2D eigenvalue weighted by atomic mass is 10.2. The number of nitrogens with zero attached hydrogens (tertiary/aromatic N) is 3. The van der Waals surface area contributed by atoms with Crippen molar-refractivity contribution in [3.63, 3.8) is 0 Å². The second-order valence-electron chi connectivity index (χ2n) is 6.81. The summed E-state index contributed by atoms with van der Waals surface area (Å²) in [7, 11) is 0. The molecule has 2 aromatic heterocycles. The molecule has 0 atom stereocenters. The zero-order chi connectivity index (χ0) is 20.7. The zero-order valence-electron chi connectivity index (χ0n) is 16.7. The van der Waals surface area contributed by atoms with Crippen LogP contribution < -0.4 is 5.32 Å². The summed E-state index contributed by atoms with van der Waals surface area (Å²) in [5.41, 5.74) is 2.91. The van der Waals surface area contributed by atoms with E-state index in [2.05, 4.69) is 10.3 Å². The van der Waals surface area contributed by atoms with Crippen molar-refractivity contribution in [3.8, 4) is 0 Å². The molecule has 152 valence electrons. The first-order valence-electron chi connectivity index (χ1n) is 9.57. The molecule has 8 heteroatoms. The van der Waals surface area contributed by atoms with E-state index in [1.807, 2.05) is 32.2 Å². The first-order chi connectivity index (χ1) is 13.3. The average molecular weight is 388 g/mol. The lowest BCUT2D eigenvalue weighted by Gasteiger charge is -2.21. The highest BCUT2D eigenvalue weighted by Crippen LogP contribution is 2.15. The molecular formula is C20H28N4O4. The average Bonchev–Trinajstić information content (AvgIpc) is 2.99. The van der Waals surface area contributed by atoms with E-state index in [1.165, 1.54) is 0 Å². The van der Waals surface area contributed by atoms with Gasteiger partial charge in [0.2, 0.25) is 5.91 Å². The molecule has 2 aromatic rings. The number of pyridine rings is 1. The predicted molar refractivity (Wildman–Crippen MR) is 105 cm³/mol. The monoisotopic (exact) mass is 388 g/mol. The highest BCUT2D eigenvalue weighted by molar-refractivity contribution is 5.94. The number of hydrogen-bond acceptors (Lipinski definition) is 4. The Bertz CT molecular complexity index is 859. The minimum atomic E-state index is -0.917. The van der Waals surface area contributed by atoms with Crippen LogP contribution in [0.25, 0.3) is 5.65 Å². The van der Waals surface area contributed by atoms with Gasteiger partial charge in [0.05, 0.1) is 12.1 Å². The van der Waals surface area contributed by atoms with Crippen molar-refractivity contribution in [2.24, 2.45) is 0 Å². The number of amides is 2. The molecule has 0 radical (unpaired) electrons. The van der Waals surface area contributed by atoms with Gasteiger partial charge in [-0.3, -0.25) is 18.8 Å². The molecule has 28 heavy (non-hydrogen) atoms. The molecule has 0 aliphatic rings. The van der Waals surface area contributed by atoms with E-state index in [-0.39, 0.29) is 31.2 Å². The number of carboxylic acids is 1. The van der Waals surface area contributed by atoms with E-state index >= 15 is 0 Å². The molecule has 0 fully saturated rings. The smallest absolute Gasteiger partial charge is 0.305 e. The third kappa shape index (κ3) is 5.31. The molecule has 2 rings (SSSR count). The lowest BCUT2D eigenvalue weighted by molar-refractivity contribution is -0.138. The molecule has 0 aliphatic carbocycles. The van der Waals surface area contributed by atoms with Crippen molar-refractivity contribution in [1.82, 2.24) is 19.6 Å². The van der Waals surface area contributed by atoms with Gasteiger partial charge in [-0.1, -0.05) is 13.0 Å². The Morgan fingerprint density at radius 1 is 1.21 bits per heavy atom. The summed E-state index contributed by atoms with van der Waals surface area (Å²) < 4.78 is 1.78. The Morgan fingerprint density at radius 3 is 2.64 bits per heavy atom. The summed E-state index contributed by atoms with van der Waals surface area (Å²) >= 11 is 0. The number of carbonyl (C=O) groups excluding carboxylic acids is 2. The maximum absolute atomic E-state index is 12.6. The summed E-state index contributed by atoms with van der Waals surface area (Å²) in [6.45, 7) is 6.81. The molecule has 2 heterocycles. The van der Waals surface area contributed by atoms with Gasteiger partial charge in [0.15, 0.2) is 0 Å². The second-order valence-corrected chi connectivity index (χ2v) is 6.81. The minimum absolute atomic E-state index is 0.0601. The number of aryl methyl sites for hydroxylation is 2. The number of carbonyl (C=O) groups is 3. The molecule has 0 aliphatic heterocycles. The van der Waals surface area contributed by atoms with Crippen LogP contribution in [0.2, 0.25) is 0 Å². The van der Waals surface area contributed by atoms with Gasteiger partial charge in [-0.25, -0.2) is 4.98 Å². The molecule has 2 N–H and O–H groups in total. The minimum Gasteiger partial charge on any atom is -0.481 e. The fraction of sp³-hybridized carbons (Fsp3) is 0.500. The topological polar surface area (TPSA) is 104 Å². The number of fused-ring (bicyclic) bond motifs is 1. The number of imidazole rings is 1. The van der Waals surface area contributed by atoms with E-state index in [0.717, 1.165) is 17.6 Å². The standard InChI is InChI=1S/C20H28N4O4/c1-4-11-23(13-9-17(26)27)16(25)8-5-10-21-20(28)18-15(3)22-19-14(2)7-6-12-24(18)19/h6-7,12H,4-5,8-11,13H2,1-3H3,(H,21,28)(H,26,27). The number of hydrogen-bond donors (Lipinski definition) is 2. The maximum Gasteiger partial charge on any atom is 0.305 e. The number of carboxylic acid groups (broad SMARTS) is 1. The number of aromatic nitrogens is 2. The predicted octanol–water partition coefficient (Wildman–Crippen LogP) is 2.17. The molecule has 0 unspecified atom stereocenters. The van der Waals surface area contributed by atoms with Crippen molar-refractivity contribution in [2.75, 3.05) is 19.6 Å².